The minimum atomic E-state index is -1.21. The fourth-order valence-electron chi connectivity index (χ4n) is 6.13. The Labute approximate surface area is 219 Å². The number of rotatable bonds is 8. The van der Waals surface area contributed by atoms with Gasteiger partial charge in [0.1, 0.15) is 11.4 Å². The van der Waals surface area contributed by atoms with Crippen LogP contribution >= 0.6 is 0 Å². The van der Waals surface area contributed by atoms with E-state index in [2.05, 4.69) is 62.0 Å². The van der Waals surface area contributed by atoms with Crippen LogP contribution in [0.4, 0.5) is 0 Å². The average molecular weight is 505 g/mol. The van der Waals surface area contributed by atoms with Gasteiger partial charge in [0, 0.05) is 67.7 Å². The number of hydrogen-bond acceptors (Lipinski definition) is 7. The summed E-state index contributed by atoms with van der Waals surface area (Å²) in [5.74, 6) is 2.31. The SMILES string of the molecule is CC(C)c1ccc([C@](O)(c2cncc(-c3nc(C4CCOCC4)n(CCN)n3)c2)C2(C)CN(C)C2)cc1. The molecule has 2 aliphatic rings. The Balaban J connectivity index is 1.56. The molecule has 2 aromatic heterocycles. The molecule has 5 rings (SSSR count). The molecule has 0 amide bonds. The lowest BCUT2D eigenvalue weighted by Crippen LogP contribution is -2.63. The van der Waals surface area contributed by atoms with Crippen LogP contribution in [0.3, 0.4) is 0 Å². The van der Waals surface area contributed by atoms with Crippen molar-refractivity contribution in [3.8, 4) is 11.4 Å². The normalized spacial score (nSPS) is 20.1. The molecule has 0 spiro atoms. The number of ether oxygens (including phenoxy) is 1. The largest absolute Gasteiger partial charge is 0.381 e. The van der Waals surface area contributed by atoms with Crippen molar-refractivity contribution in [1.82, 2.24) is 24.6 Å². The van der Waals surface area contributed by atoms with Gasteiger partial charge >= 0.3 is 0 Å². The third kappa shape index (κ3) is 4.72. The molecule has 0 bridgehead atoms. The molecule has 8 nitrogen and oxygen atoms in total. The molecule has 0 unspecified atom stereocenters. The summed E-state index contributed by atoms with van der Waals surface area (Å²) in [5.41, 5.74) is 8.04. The zero-order chi connectivity index (χ0) is 26.2. The Hall–Kier alpha value is -2.65. The van der Waals surface area contributed by atoms with Crippen LogP contribution in [0.25, 0.3) is 11.4 Å². The third-order valence-electron chi connectivity index (χ3n) is 8.15. The van der Waals surface area contributed by atoms with Crippen LogP contribution in [0.2, 0.25) is 0 Å². The van der Waals surface area contributed by atoms with E-state index in [4.69, 9.17) is 20.6 Å². The highest BCUT2D eigenvalue weighted by Crippen LogP contribution is 2.50. The number of hydrogen-bond donors (Lipinski definition) is 2. The van der Waals surface area contributed by atoms with Crippen molar-refractivity contribution >= 4 is 0 Å². The van der Waals surface area contributed by atoms with E-state index >= 15 is 0 Å². The van der Waals surface area contributed by atoms with Crippen molar-refractivity contribution < 1.29 is 9.84 Å². The maximum Gasteiger partial charge on any atom is 0.182 e. The van der Waals surface area contributed by atoms with Crippen LogP contribution < -0.4 is 5.73 Å². The summed E-state index contributed by atoms with van der Waals surface area (Å²) in [5, 5.41) is 17.4. The van der Waals surface area contributed by atoms with Crippen molar-refractivity contribution in [1.29, 1.82) is 0 Å². The number of aromatic nitrogens is 4. The maximum atomic E-state index is 12.6. The van der Waals surface area contributed by atoms with Crippen molar-refractivity contribution in [2.45, 2.75) is 57.6 Å². The first-order valence-corrected chi connectivity index (χ1v) is 13.4. The predicted octanol–water partition coefficient (Wildman–Crippen LogP) is 3.50. The van der Waals surface area contributed by atoms with E-state index in [0.29, 0.717) is 30.7 Å². The molecular formula is C29H40N6O2. The monoisotopic (exact) mass is 504 g/mol. The summed E-state index contributed by atoms with van der Waals surface area (Å²) < 4.78 is 7.50. The molecule has 0 saturated carbocycles. The fourth-order valence-corrected chi connectivity index (χ4v) is 6.13. The molecule has 3 aromatic rings. The van der Waals surface area contributed by atoms with E-state index in [1.807, 2.05) is 10.7 Å². The summed E-state index contributed by atoms with van der Waals surface area (Å²) in [6, 6.07) is 10.4. The molecular weight excluding hydrogens is 464 g/mol. The van der Waals surface area contributed by atoms with Crippen LogP contribution in [0.15, 0.2) is 42.7 Å². The van der Waals surface area contributed by atoms with Gasteiger partial charge < -0.3 is 20.5 Å². The Morgan fingerprint density at radius 1 is 1.14 bits per heavy atom. The lowest BCUT2D eigenvalue weighted by atomic mass is 9.62. The van der Waals surface area contributed by atoms with Crippen LogP contribution in [-0.4, -0.2) is 69.7 Å². The Kier molecular flexibility index (Phi) is 7.20. The lowest BCUT2D eigenvalue weighted by Gasteiger charge is -2.55. The summed E-state index contributed by atoms with van der Waals surface area (Å²) in [6.07, 6.45) is 5.44. The molecule has 1 atom stereocenters. The lowest BCUT2D eigenvalue weighted by molar-refractivity contribution is -0.127. The topological polar surface area (TPSA) is 102 Å². The maximum absolute atomic E-state index is 12.6. The van der Waals surface area contributed by atoms with Gasteiger partial charge in [-0.05, 0) is 43.0 Å². The van der Waals surface area contributed by atoms with Gasteiger partial charge in [-0.3, -0.25) is 4.98 Å². The molecule has 198 valence electrons. The summed E-state index contributed by atoms with van der Waals surface area (Å²) in [4.78, 5) is 11.8. The van der Waals surface area contributed by atoms with Crippen LogP contribution in [0.5, 0.6) is 0 Å². The van der Waals surface area contributed by atoms with Gasteiger partial charge in [-0.1, -0.05) is 45.0 Å². The van der Waals surface area contributed by atoms with E-state index in [1.54, 1.807) is 12.4 Å². The number of aliphatic hydroxyl groups is 1. The van der Waals surface area contributed by atoms with Crippen LogP contribution in [0, 0.1) is 5.41 Å². The zero-order valence-corrected chi connectivity index (χ0v) is 22.5. The highest BCUT2D eigenvalue weighted by Gasteiger charge is 2.55. The first-order valence-electron chi connectivity index (χ1n) is 13.4. The molecule has 2 aliphatic heterocycles. The molecule has 0 aliphatic carbocycles. The van der Waals surface area contributed by atoms with Crippen molar-refractivity contribution in [2.75, 3.05) is 39.9 Å². The van der Waals surface area contributed by atoms with E-state index in [9.17, 15) is 5.11 Å². The van der Waals surface area contributed by atoms with Crippen LogP contribution in [0.1, 0.15) is 68.0 Å². The Bertz CT molecular complexity index is 1210. The van der Waals surface area contributed by atoms with Gasteiger partial charge in [-0.15, -0.1) is 0 Å². The second kappa shape index (κ2) is 10.3. The summed E-state index contributed by atoms with van der Waals surface area (Å²) >= 11 is 0. The second-order valence-corrected chi connectivity index (χ2v) is 11.4. The van der Waals surface area contributed by atoms with Crippen LogP contribution in [-0.2, 0) is 16.9 Å². The smallest absolute Gasteiger partial charge is 0.182 e. The minimum absolute atomic E-state index is 0.304. The van der Waals surface area contributed by atoms with Gasteiger partial charge in [0.25, 0.3) is 0 Å². The van der Waals surface area contributed by atoms with Gasteiger partial charge in [-0.25, -0.2) is 9.67 Å². The standard InChI is InChI=1S/C29H40N6O2/c1-20(2)21-5-7-24(8-6-21)29(36,28(3)18-34(4)19-28)25-15-23(16-31-17-25)26-32-27(35(33-26)12-11-30)22-9-13-37-14-10-22/h5-8,15-17,20,22,36H,9-14,18-19,30H2,1-4H3/t29-/m0/s1. The van der Waals surface area contributed by atoms with Crippen molar-refractivity contribution in [3.05, 3.63) is 65.2 Å². The molecule has 2 fully saturated rings. The Morgan fingerprint density at radius 3 is 2.46 bits per heavy atom. The summed E-state index contributed by atoms with van der Waals surface area (Å²) in [7, 11) is 2.09. The molecule has 0 radical (unpaired) electrons. The highest BCUT2D eigenvalue weighted by molar-refractivity contribution is 5.56. The number of likely N-dealkylation sites (tertiary alicyclic amines) is 1. The zero-order valence-electron chi connectivity index (χ0n) is 22.5. The number of pyridine rings is 1. The van der Waals surface area contributed by atoms with E-state index in [0.717, 1.165) is 61.7 Å². The van der Waals surface area contributed by atoms with E-state index < -0.39 is 5.60 Å². The predicted molar refractivity (Wildman–Crippen MR) is 144 cm³/mol. The minimum Gasteiger partial charge on any atom is -0.381 e. The van der Waals surface area contributed by atoms with Gasteiger partial charge in [0.15, 0.2) is 5.82 Å². The van der Waals surface area contributed by atoms with Crippen molar-refractivity contribution in [2.24, 2.45) is 11.1 Å². The van der Waals surface area contributed by atoms with Gasteiger partial charge in [-0.2, -0.15) is 5.10 Å². The molecule has 37 heavy (non-hydrogen) atoms. The first kappa shape index (κ1) is 26.0. The molecule has 3 N–H and O–H groups in total. The molecule has 4 heterocycles. The molecule has 8 heteroatoms. The summed E-state index contributed by atoms with van der Waals surface area (Å²) in [6.45, 7) is 10.7. The Morgan fingerprint density at radius 2 is 1.84 bits per heavy atom. The number of nitrogens with zero attached hydrogens (tertiary/aromatic N) is 5. The van der Waals surface area contributed by atoms with E-state index in [-0.39, 0.29) is 5.41 Å². The van der Waals surface area contributed by atoms with Gasteiger partial charge in [0.2, 0.25) is 0 Å². The van der Waals surface area contributed by atoms with Crippen molar-refractivity contribution in [3.63, 3.8) is 0 Å². The quantitative estimate of drug-likeness (QED) is 0.484. The molecule has 1 aromatic carbocycles. The average Bonchev–Trinajstić information content (AvgIpc) is 3.32. The number of benzene rings is 1. The fraction of sp³-hybridized carbons (Fsp3) is 0.552. The first-order chi connectivity index (χ1) is 17.7. The highest BCUT2D eigenvalue weighted by atomic mass is 16.5. The molecule has 2 saturated heterocycles. The second-order valence-electron chi connectivity index (χ2n) is 11.4. The van der Waals surface area contributed by atoms with Gasteiger partial charge in [0.05, 0.1) is 6.54 Å². The third-order valence-corrected chi connectivity index (χ3v) is 8.15. The van der Waals surface area contributed by atoms with E-state index in [1.165, 1.54) is 5.56 Å². The number of nitrogens with two attached hydrogens (primary N) is 1.